The lowest BCUT2D eigenvalue weighted by molar-refractivity contribution is -0.191. The minimum atomic E-state index is -0.820. The molecule has 0 aliphatic rings. The third kappa shape index (κ3) is 14.5. The van der Waals surface area contributed by atoms with E-state index in [2.05, 4.69) is 15.6 Å². The lowest BCUT2D eigenvalue weighted by atomic mass is 10.1. The molecule has 0 bridgehead atoms. The number of hydrogen-bond donors (Lipinski definition) is 2. The smallest absolute Gasteiger partial charge is 0.414 e. The van der Waals surface area contributed by atoms with E-state index in [-0.39, 0.29) is 17.7 Å². The Balaban J connectivity index is 0.00000236. The second kappa shape index (κ2) is 17.3. The first-order valence-electron chi connectivity index (χ1n) is 14.0. The van der Waals surface area contributed by atoms with Crippen LogP contribution in [0.25, 0.3) is 6.08 Å². The van der Waals surface area contributed by atoms with Gasteiger partial charge in [-0.2, -0.15) is 9.59 Å². The largest absolute Gasteiger partial charge is 0.444 e. The first-order chi connectivity index (χ1) is 21.6. The van der Waals surface area contributed by atoms with Crippen LogP contribution in [-0.2, 0) is 25.5 Å². The minimum Gasteiger partial charge on any atom is -0.444 e. The Morgan fingerprint density at radius 1 is 0.826 bits per heavy atom. The number of aliphatic imine (C=N–C) groups is 1. The lowest BCUT2D eigenvalue weighted by Crippen LogP contribution is -2.47. The van der Waals surface area contributed by atoms with Crippen molar-refractivity contribution in [3.05, 3.63) is 101 Å². The Labute approximate surface area is 272 Å². The molecule has 0 saturated heterocycles. The molecule has 3 rings (SSSR count). The maximum atomic E-state index is 12.8. The third-order valence-corrected chi connectivity index (χ3v) is 5.59. The molecule has 0 fully saturated rings. The van der Waals surface area contributed by atoms with Crippen molar-refractivity contribution in [2.45, 2.75) is 59.2 Å². The number of benzene rings is 3. The van der Waals surface area contributed by atoms with Gasteiger partial charge in [0, 0.05) is 6.07 Å². The molecule has 242 valence electrons. The summed E-state index contributed by atoms with van der Waals surface area (Å²) >= 11 is 6.42. The molecule has 0 aliphatic heterocycles. The molecule has 2 N–H and O–H groups in total. The number of alkyl carbamates (subject to hydrolysis) is 2. The fourth-order valence-electron chi connectivity index (χ4n) is 3.50. The van der Waals surface area contributed by atoms with Gasteiger partial charge in [0.25, 0.3) is 0 Å². The van der Waals surface area contributed by atoms with Gasteiger partial charge < -0.3 is 14.2 Å². The summed E-state index contributed by atoms with van der Waals surface area (Å²) in [6.45, 7) is 10.2. The van der Waals surface area contributed by atoms with Crippen LogP contribution in [0.5, 0.6) is 5.75 Å². The zero-order valence-corrected chi connectivity index (χ0v) is 27.1. The van der Waals surface area contributed by atoms with Crippen LogP contribution >= 0.6 is 11.6 Å². The average Bonchev–Trinajstić information content (AvgIpc) is 2.93. The summed E-state index contributed by atoms with van der Waals surface area (Å²) in [7, 11) is 0. The molecular formula is C34H36ClN3O8. The maximum absolute atomic E-state index is 12.8. The molecule has 0 heterocycles. The van der Waals surface area contributed by atoms with Crippen LogP contribution in [0.3, 0.4) is 0 Å². The van der Waals surface area contributed by atoms with Gasteiger partial charge in [0.1, 0.15) is 17.0 Å². The summed E-state index contributed by atoms with van der Waals surface area (Å²) in [5.74, 6) is -0.521. The number of ether oxygens (including phenoxy) is 3. The zero-order chi connectivity index (χ0) is 34.3. The maximum Gasteiger partial charge on any atom is 0.414 e. The molecule has 3 aromatic rings. The van der Waals surface area contributed by atoms with Crippen molar-refractivity contribution in [2.24, 2.45) is 4.99 Å². The van der Waals surface area contributed by atoms with Crippen LogP contribution in [0.2, 0.25) is 5.02 Å². The van der Waals surface area contributed by atoms with E-state index in [0.717, 1.165) is 12.0 Å². The molecule has 0 unspecified atom stereocenters. The highest BCUT2D eigenvalue weighted by atomic mass is 35.5. The Bertz CT molecular complexity index is 1550. The van der Waals surface area contributed by atoms with E-state index in [1.165, 1.54) is 29.8 Å². The summed E-state index contributed by atoms with van der Waals surface area (Å²) in [4.78, 5) is 57.9. The second-order valence-corrected chi connectivity index (χ2v) is 11.9. The molecule has 0 spiro atoms. The number of rotatable bonds is 6. The van der Waals surface area contributed by atoms with Crippen LogP contribution in [0.1, 0.15) is 63.0 Å². The van der Waals surface area contributed by atoms with Gasteiger partial charge in [-0.15, -0.1) is 0 Å². The first kappa shape index (κ1) is 36.9. The number of nitrogens with one attached hydrogen (secondary N) is 2. The number of esters is 1. The first-order valence-corrected chi connectivity index (χ1v) is 14.4. The van der Waals surface area contributed by atoms with E-state index in [1.807, 2.05) is 42.5 Å². The van der Waals surface area contributed by atoms with E-state index in [4.69, 9.17) is 35.4 Å². The second-order valence-electron chi connectivity index (χ2n) is 11.5. The number of allylic oxidation sites excluding steroid dienone is 1. The van der Waals surface area contributed by atoms with Crippen molar-refractivity contribution in [1.82, 2.24) is 10.6 Å². The van der Waals surface area contributed by atoms with Crippen LogP contribution in [0.15, 0.2) is 83.9 Å². The van der Waals surface area contributed by atoms with Crippen molar-refractivity contribution in [2.75, 3.05) is 0 Å². The highest BCUT2D eigenvalue weighted by molar-refractivity contribution is 6.32. The number of nitrogens with zero attached hydrogens (tertiary/aromatic N) is 1. The van der Waals surface area contributed by atoms with Crippen LogP contribution in [0, 0.1) is 0 Å². The van der Waals surface area contributed by atoms with Gasteiger partial charge in [0.05, 0.1) is 16.3 Å². The molecule has 0 radical (unpaired) electrons. The Morgan fingerprint density at radius 3 is 1.87 bits per heavy atom. The van der Waals surface area contributed by atoms with Crippen molar-refractivity contribution in [1.29, 1.82) is 0 Å². The van der Waals surface area contributed by atoms with Crippen LogP contribution < -0.4 is 15.4 Å². The van der Waals surface area contributed by atoms with Crippen molar-refractivity contribution in [3.63, 3.8) is 0 Å². The third-order valence-electron chi connectivity index (χ3n) is 5.26. The van der Waals surface area contributed by atoms with Crippen LogP contribution in [0.4, 0.5) is 15.3 Å². The number of amides is 2. The van der Waals surface area contributed by atoms with Gasteiger partial charge in [0.2, 0.25) is 5.96 Å². The molecular weight excluding hydrogens is 614 g/mol. The summed E-state index contributed by atoms with van der Waals surface area (Å²) < 4.78 is 16.0. The summed E-state index contributed by atoms with van der Waals surface area (Å²) in [6, 6.07) is 21.1. The average molecular weight is 650 g/mol. The Kier molecular flexibility index (Phi) is 13.9. The van der Waals surface area contributed by atoms with Gasteiger partial charge in [-0.05, 0) is 95.5 Å². The van der Waals surface area contributed by atoms with Gasteiger partial charge in [0.15, 0.2) is 0 Å². The fraction of sp³-hybridized carbons (Fsp3) is 0.265. The summed E-state index contributed by atoms with van der Waals surface area (Å²) in [6.07, 6.45) is 3.31. The predicted octanol–water partition coefficient (Wildman–Crippen LogP) is 7.27. The van der Waals surface area contributed by atoms with E-state index in [0.29, 0.717) is 16.5 Å². The molecule has 2 amide bonds. The molecule has 12 heteroatoms. The van der Waals surface area contributed by atoms with E-state index >= 15 is 0 Å². The van der Waals surface area contributed by atoms with E-state index in [1.54, 1.807) is 59.7 Å². The van der Waals surface area contributed by atoms with E-state index in [9.17, 15) is 14.4 Å². The molecule has 0 aliphatic carbocycles. The monoisotopic (exact) mass is 649 g/mol. The van der Waals surface area contributed by atoms with Gasteiger partial charge in [-0.1, -0.05) is 54.1 Å². The normalized spacial score (nSPS) is 10.8. The number of hydrogen-bond acceptors (Lipinski definition) is 9. The van der Waals surface area contributed by atoms with Crippen molar-refractivity contribution >= 4 is 53.6 Å². The predicted molar refractivity (Wildman–Crippen MR) is 173 cm³/mol. The fourth-order valence-corrected chi connectivity index (χ4v) is 3.73. The molecule has 3 aromatic carbocycles. The van der Waals surface area contributed by atoms with Crippen molar-refractivity contribution < 1.29 is 38.2 Å². The van der Waals surface area contributed by atoms with Crippen molar-refractivity contribution in [3.8, 4) is 5.75 Å². The molecule has 0 atom stereocenters. The molecule has 0 aromatic heterocycles. The topological polar surface area (TPSA) is 149 Å². The number of halogens is 1. The highest BCUT2D eigenvalue weighted by Gasteiger charge is 2.21. The minimum absolute atomic E-state index is 0.216. The van der Waals surface area contributed by atoms with Gasteiger partial charge in [-0.25, -0.2) is 19.4 Å². The summed E-state index contributed by atoms with van der Waals surface area (Å²) in [5, 5.41) is 5.26. The zero-order valence-electron chi connectivity index (χ0n) is 26.4. The van der Waals surface area contributed by atoms with Gasteiger partial charge >= 0.3 is 24.3 Å². The Morgan fingerprint density at radius 2 is 1.37 bits per heavy atom. The van der Waals surface area contributed by atoms with E-state index < -0.39 is 29.4 Å². The number of carbonyl (C=O) groups is 3. The number of guanidine groups is 1. The summed E-state index contributed by atoms with van der Waals surface area (Å²) in [5.41, 5.74) is 1.03. The standard InChI is InChI=1S/C33H36ClN3O6.CO2/c1-32(2,3)42-30(39)36-29(37-31(40)43-33(4,5)6)35-25-18-15-24(16-19-25)28(38)41-26-20-17-23(27(34)21-26)14-10-13-22-11-8-7-9-12-22;2-1-3/h7-12,14-21H,13H2,1-6H3,(H2,35,36,37,39,40);/b14-10+;. The highest BCUT2D eigenvalue weighted by Crippen LogP contribution is 2.25. The lowest BCUT2D eigenvalue weighted by Gasteiger charge is -2.22. The molecule has 0 saturated carbocycles. The quantitative estimate of drug-likeness (QED) is 0.123. The molecule has 11 nitrogen and oxygen atoms in total. The number of carbonyl (C=O) groups excluding carboxylic acids is 5. The molecule has 46 heavy (non-hydrogen) atoms. The SMILES string of the molecule is CC(C)(C)OC(=O)NC(=Nc1ccc(C(=O)Oc2ccc(/C=C/Cc3ccccc3)c(Cl)c2)cc1)NC(=O)OC(C)(C)C.O=C=O. The van der Waals surface area contributed by atoms with Gasteiger partial charge in [-0.3, -0.25) is 10.6 Å². The van der Waals surface area contributed by atoms with Crippen LogP contribution in [-0.4, -0.2) is 41.5 Å². The Hall–Kier alpha value is -5.25.